The lowest BCUT2D eigenvalue weighted by atomic mass is 10.2. The number of halogens is 3. The van der Waals surface area contributed by atoms with Gasteiger partial charge in [0.15, 0.2) is 0 Å². The molecule has 7 heteroatoms. The Labute approximate surface area is 91.6 Å². The van der Waals surface area contributed by atoms with Crippen LogP contribution in [-0.2, 0) is 13.0 Å². The zero-order chi connectivity index (χ0) is 12.0. The van der Waals surface area contributed by atoms with Gasteiger partial charge in [0.25, 0.3) is 0 Å². The average molecular weight is 236 g/mol. The molecule has 0 aliphatic rings. The molecule has 1 heterocycles. The van der Waals surface area contributed by atoms with E-state index in [1.807, 2.05) is 0 Å². The Bertz CT molecular complexity index is 308. The van der Waals surface area contributed by atoms with E-state index < -0.39 is 12.6 Å². The Hall–Kier alpha value is -1.11. The molecule has 0 radical (unpaired) electrons. The predicted molar refractivity (Wildman–Crippen MR) is 52.7 cm³/mol. The molecule has 0 amide bonds. The molecule has 4 nitrogen and oxygen atoms in total. The van der Waals surface area contributed by atoms with E-state index >= 15 is 0 Å². The highest BCUT2D eigenvalue weighted by molar-refractivity contribution is 4.92. The van der Waals surface area contributed by atoms with Crippen LogP contribution < -0.4 is 5.73 Å². The molecule has 0 spiro atoms. The van der Waals surface area contributed by atoms with Crippen molar-refractivity contribution in [2.24, 2.45) is 5.73 Å². The second kappa shape index (κ2) is 5.83. The van der Waals surface area contributed by atoms with Gasteiger partial charge in [-0.15, -0.1) is 5.10 Å². The highest BCUT2D eigenvalue weighted by Crippen LogP contribution is 2.19. The van der Waals surface area contributed by atoms with Gasteiger partial charge in [-0.05, 0) is 25.8 Å². The summed E-state index contributed by atoms with van der Waals surface area (Å²) < 4.78 is 37.0. The second-order valence-electron chi connectivity index (χ2n) is 3.58. The number of aromatic nitrogens is 3. The third kappa shape index (κ3) is 5.11. The average Bonchev–Trinajstić information content (AvgIpc) is 2.62. The molecule has 16 heavy (non-hydrogen) atoms. The van der Waals surface area contributed by atoms with E-state index in [0.29, 0.717) is 13.0 Å². The minimum atomic E-state index is -4.15. The molecule has 2 N–H and O–H groups in total. The Morgan fingerprint density at radius 3 is 2.69 bits per heavy atom. The van der Waals surface area contributed by atoms with E-state index in [0.717, 1.165) is 18.5 Å². The molecule has 1 aromatic rings. The van der Waals surface area contributed by atoms with Crippen molar-refractivity contribution in [2.75, 3.05) is 6.54 Å². The normalized spacial score (nSPS) is 12.0. The lowest BCUT2D eigenvalue weighted by molar-refractivity contribution is -0.137. The van der Waals surface area contributed by atoms with Gasteiger partial charge < -0.3 is 5.73 Å². The Balaban J connectivity index is 2.33. The highest BCUT2D eigenvalue weighted by Gasteiger charge is 2.26. The fourth-order valence-corrected chi connectivity index (χ4v) is 1.25. The number of nitrogens with zero attached hydrogens (tertiary/aromatic N) is 3. The summed E-state index contributed by atoms with van der Waals surface area (Å²) in [6.07, 6.45) is -0.986. The summed E-state index contributed by atoms with van der Waals surface area (Å²) in [5, 5.41) is 7.43. The van der Waals surface area contributed by atoms with Crippen molar-refractivity contribution in [2.45, 2.75) is 38.4 Å². The summed E-state index contributed by atoms with van der Waals surface area (Å²) in [5.41, 5.74) is 6.05. The van der Waals surface area contributed by atoms with E-state index in [9.17, 15) is 13.2 Å². The second-order valence-corrected chi connectivity index (χ2v) is 3.58. The molecule has 0 atom stereocenters. The van der Waals surface area contributed by atoms with Gasteiger partial charge in [-0.3, -0.25) is 4.68 Å². The summed E-state index contributed by atoms with van der Waals surface area (Å²) in [7, 11) is 0. The molecule has 0 bridgehead atoms. The third-order valence-corrected chi connectivity index (χ3v) is 2.10. The fourth-order valence-electron chi connectivity index (χ4n) is 1.25. The van der Waals surface area contributed by atoms with Crippen LogP contribution in [0.3, 0.4) is 0 Å². The molecule has 0 aliphatic heterocycles. The standard InChI is InChI=1S/C9H15F3N4/c10-9(11,12)4-6-16-7-8(14-15-16)3-1-2-5-13/h7H,1-6,13H2. The monoisotopic (exact) mass is 236 g/mol. The van der Waals surface area contributed by atoms with E-state index in [1.54, 1.807) is 6.20 Å². The zero-order valence-corrected chi connectivity index (χ0v) is 8.87. The van der Waals surface area contributed by atoms with Crippen LogP contribution in [0.15, 0.2) is 6.20 Å². The van der Waals surface area contributed by atoms with E-state index in [2.05, 4.69) is 10.3 Å². The predicted octanol–water partition coefficient (Wildman–Crippen LogP) is 1.51. The van der Waals surface area contributed by atoms with Gasteiger partial charge in [-0.1, -0.05) is 5.21 Å². The van der Waals surface area contributed by atoms with Crippen LogP contribution in [0, 0.1) is 0 Å². The summed E-state index contributed by atoms with van der Waals surface area (Å²) in [4.78, 5) is 0. The summed E-state index contributed by atoms with van der Waals surface area (Å²) >= 11 is 0. The van der Waals surface area contributed by atoms with Crippen LogP contribution in [0.2, 0.25) is 0 Å². The van der Waals surface area contributed by atoms with Gasteiger partial charge >= 0.3 is 6.18 Å². The molecule has 1 rings (SSSR count). The number of aryl methyl sites for hydroxylation is 2. The first-order chi connectivity index (χ1) is 7.51. The van der Waals surface area contributed by atoms with Gasteiger partial charge in [-0.2, -0.15) is 13.2 Å². The lowest BCUT2D eigenvalue weighted by Gasteiger charge is -2.04. The van der Waals surface area contributed by atoms with Crippen LogP contribution in [0.1, 0.15) is 25.0 Å². The van der Waals surface area contributed by atoms with E-state index in [1.165, 1.54) is 4.68 Å². The smallest absolute Gasteiger partial charge is 0.330 e. The van der Waals surface area contributed by atoms with Crippen LogP contribution in [0.25, 0.3) is 0 Å². The number of unbranched alkanes of at least 4 members (excludes halogenated alkanes) is 1. The number of rotatable bonds is 6. The van der Waals surface area contributed by atoms with Crippen LogP contribution in [-0.4, -0.2) is 27.7 Å². The largest absolute Gasteiger partial charge is 0.390 e. The molecule has 0 saturated carbocycles. The van der Waals surface area contributed by atoms with Crippen LogP contribution in [0.4, 0.5) is 13.2 Å². The topological polar surface area (TPSA) is 56.7 Å². The molecule has 0 aliphatic carbocycles. The first kappa shape index (κ1) is 13.0. The number of nitrogens with two attached hydrogens (primary N) is 1. The van der Waals surface area contributed by atoms with Crippen molar-refractivity contribution in [3.63, 3.8) is 0 Å². The van der Waals surface area contributed by atoms with Crippen LogP contribution >= 0.6 is 0 Å². The highest BCUT2D eigenvalue weighted by atomic mass is 19.4. The first-order valence-electron chi connectivity index (χ1n) is 5.17. The van der Waals surface area contributed by atoms with Gasteiger partial charge in [0, 0.05) is 6.20 Å². The zero-order valence-electron chi connectivity index (χ0n) is 8.87. The van der Waals surface area contributed by atoms with E-state index in [4.69, 9.17) is 5.73 Å². The summed E-state index contributed by atoms with van der Waals surface area (Å²) in [6.45, 7) is 0.440. The first-order valence-corrected chi connectivity index (χ1v) is 5.17. The Morgan fingerprint density at radius 2 is 2.06 bits per heavy atom. The number of hydrogen-bond acceptors (Lipinski definition) is 3. The molecule has 0 aromatic carbocycles. The van der Waals surface area contributed by atoms with Crippen molar-refractivity contribution in [1.29, 1.82) is 0 Å². The molecule has 0 unspecified atom stereocenters. The van der Waals surface area contributed by atoms with Gasteiger partial charge in [0.05, 0.1) is 18.7 Å². The number of alkyl halides is 3. The van der Waals surface area contributed by atoms with Crippen molar-refractivity contribution in [1.82, 2.24) is 15.0 Å². The fraction of sp³-hybridized carbons (Fsp3) is 0.778. The maximum Gasteiger partial charge on any atom is 0.390 e. The number of hydrogen-bond donors (Lipinski definition) is 1. The molecule has 0 fully saturated rings. The van der Waals surface area contributed by atoms with Crippen molar-refractivity contribution < 1.29 is 13.2 Å². The molecule has 1 aromatic heterocycles. The molecular weight excluding hydrogens is 221 g/mol. The Morgan fingerprint density at radius 1 is 1.31 bits per heavy atom. The van der Waals surface area contributed by atoms with Crippen molar-refractivity contribution in [3.05, 3.63) is 11.9 Å². The Kier molecular flexibility index (Phi) is 4.72. The van der Waals surface area contributed by atoms with Crippen molar-refractivity contribution in [3.8, 4) is 0 Å². The molecular formula is C9H15F3N4. The maximum absolute atomic E-state index is 11.9. The van der Waals surface area contributed by atoms with Gasteiger partial charge in [-0.25, -0.2) is 0 Å². The summed E-state index contributed by atoms with van der Waals surface area (Å²) in [5.74, 6) is 0. The van der Waals surface area contributed by atoms with Gasteiger partial charge in [0.1, 0.15) is 0 Å². The SMILES string of the molecule is NCCCCc1cn(CCC(F)(F)F)nn1. The van der Waals surface area contributed by atoms with Crippen LogP contribution in [0.5, 0.6) is 0 Å². The minimum Gasteiger partial charge on any atom is -0.330 e. The third-order valence-electron chi connectivity index (χ3n) is 2.10. The maximum atomic E-state index is 11.9. The summed E-state index contributed by atoms with van der Waals surface area (Å²) in [6, 6.07) is 0. The van der Waals surface area contributed by atoms with Gasteiger partial charge in [0.2, 0.25) is 0 Å². The van der Waals surface area contributed by atoms with Crippen molar-refractivity contribution >= 4 is 0 Å². The molecule has 0 saturated heterocycles. The minimum absolute atomic E-state index is 0.173. The van der Waals surface area contributed by atoms with E-state index in [-0.39, 0.29) is 6.54 Å². The quantitative estimate of drug-likeness (QED) is 0.762. The molecule has 92 valence electrons. The lowest BCUT2D eigenvalue weighted by Crippen LogP contribution is -2.12.